The molecule has 6 nitrogen and oxygen atoms in total. The van der Waals surface area contributed by atoms with Gasteiger partial charge < -0.3 is 9.30 Å². The largest absolute Gasteiger partial charge is 0.497 e. The van der Waals surface area contributed by atoms with Gasteiger partial charge in [-0.2, -0.15) is 0 Å². The third-order valence-corrected chi connectivity index (χ3v) is 6.43. The summed E-state index contributed by atoms with van der Waals surface area (Å²) < 4.78 is 32.1. The molecule has 150 valence electrons. The van der Waals surface area contributed by atoms with Crippen LogP contribution in [0.15, 0.2) is 36.4 Å². The highest BCUT2D eigenvalue weighted by atomic mass is 32.2. The highest BCUT2D eigenvalue weighted by Gasteiger charge is 2.16. The quantitative estimate of drug-likeness (QED) is 0.424. The number of ketones is 1. The number of aryl methyl sites for hydroxylation is 2. The third kappa shape index (κ3) is 4.81. The molecule has 28 heavy (non-hydrogen) atoms. The molecule has 3 rings (SSSR count). The molecule has 0 unspecified atom stereocenters. The number of aromatic nitrogens is 1. The zero-order valence-corrected chi connectivity index (χ0v) is 17.8. The Morgan fingerprint density at radius 1 is 1.18 bits per heavy atom. The van der Waals surface area contributed by atoms with Gasteiger partial charge >= 0.3 is 0 Å². The summed E-state index contributed by atoms with van der Waals surface area (Å²) in [4.78, 5) is 14.6. The molecule has 0 saturated carbocycles. The summed E-state index contributed by atoms with van der Waals surface area (Å²) in [5.74, 6) is 0.728. The van der Waals surface area contributed by atoms with E-state index in [1.54, 1.807) is 31.4 Å². The monoisotopic (exact) mass is 420 g/mol. The van der Waals surface area contributed by atoms with Crippen molar-refractivity contribution in [3.63, 3.8) is 0 Å². The number of carbonyl (C=O) groups is 1. The van der Waals surface area contributed by atoms with Crippen LogP contribution in [-0.2, 0) is 16.6 Å². The Balaban J connectivity index is 1.72. The predicted octanol–water partition coefficient (Wildman–Crippen LogP) is 3.58. The van der Waals surface area contributed by atoms with Crippen LogP contribution in [0.3, 0.4) is 0 Å². The minimum atomic E-state index is -3.14. The van der Waals surface area contributed by atoms with Gasteiger partial charge in [0.1, 0.15) is 10.6 Å². The van der Waals surface area contributed by atoms with Crippen molar-refractivity contribution in [3.05, 3.63) is 52.5 Å². The van der Waals surface area contributed by atoms with Crippen molar-refractivity contribution in [2.24, 2.45) is 0 Å². The first-order valence-electron chi connectivity index (χ1n) is 9.01. The maximum absolute atomic E-state index is 12.8. The van der Waals surface area contributed by atoms with Crippen LogP contribution in [0, 0.1) is 6.92 Å². The Morgan fingerprint density at radius 2 is 1.89 bits per heavy atom. The number of unbranched alkanes of at least 4 members (excludes halogenated alkanes) is 1. The molecule has 0 atom stereocenters. The maximum Gasteiger partial charge on any atom is 0.208 e. The van der Waals surface area contributed by atoms with Gasteiger partial charge in [0.15, 0.2) is 0 Å². The van der Waals surface area contributed by atoms with Gasteiger partial charge in [-0.3, -0.25) is 4.79 Å². The molecule has 2 heterocycles. The Hall–Kier alpha value is -2.16. The molecular weight excluding hydrogens is 396 g/mol. The summed E-state index contributed by atoms with van der Waals surface area (Å²) in [6, 6.07) is 11.2. The lowest BCUT2D eigenvalue weighted by Gasteiger charge is -2.07. The number of hydrogen-bond donors (Lipinski definition) is 1. The normalized spacial score (nSPS) is 11.8. The molecule has 0 fully saturated rings. The zero-order chi connectivity index (χ0) is 20.3. The van der Waals surface area contributed by atoms with Crippen LogP contribution in [0.1, 0.15) is 33.8 Å². The summed E-state index contributed by atoms with van der Waals surface area (Å²) in [5, 5.41) is 1.06. The van der Waals surface area contributed by atoms with Gasteiger partial charge in [-0.15, -0.1) is 11.3 Å². The van der Waals surface area contributed by atoms with E-state index in [0.29, 0.717) is 17.0 Å². The number of ether oxygens (including phenoxy) is 1. The summed E-state index contributed by atoms with van der Waals surface area (Å²) in [5.41, 5.74) is 1.78. The van der Waals surface area contributed by atoms with Crippen molar-refractivity contribution < 1.29 is 17.9 Å². The lowest BCUT2D eigenvalue weighted by Crippen LogP contribution is -2.23. The summed E-state index contributed by atoms with van der Waals surface area (Å²) >= 11 is 1.50. The fourth-order valence-corrected chi connectivity index (χ4v) is 4.80. The lowest BCUT2D eigenvalue weighted by atomic mass is 10.1. The third-order valence-electron chi connectivity index (χ3n) is 4.52. The molecule has 0 amide bonds. The van der Waals surface area contributed by atoms with Crippen molar-refractivity contribution in [3.8, 4) is 5.75 Å². The first-order chi connectivity index (χ1) is 13.3. The van der Waals surface area contributed by atoms with Gasteiger partial charge in [-0.1, -0.05) is 0 Å². The smallest absolute Gasteiger partial charge is 0.208 e. The topological polar surface area (TPSA) is 77.4 Å². The van der Waals surface area contributed by atoms with Crippen molar-refractivity contribution in [2.45, 2.75) is 26.3 Å². The fourth-order valence-electron chi connectivity index (χ4n) is 3.10. The van der Waals surface area contributed by atoms with Gasteiger partial charge in [0, 0.05) is 29.7 Å². The van der Waals surface area contributed by atoms with E-state index < -0.39 is 10.0 Å². The Kier molecular flexibility index (Phi) is 6.22. The van der Waals surface area contributed by atoms with Gasteiger partial charge in [-0.05, 0) is 56.2 Å². The fraction of sp³-hybridized carbons (Fsp3) is 0.350. The van der Waals surface area contributed by atoms with Crippen molar-refractivity contribution in [1.82, 2.24) is 9.29 Å². The molecule has 0 spiro atoms. The first kappa shape index (κ1) is 20.6. The number of hydrogen-bond acceptors (Lipinski definition) is 5. The number of rotatable bonds is 9. The molecule has 0 aliphatic rings. The second-order valence-electron chi connectivity index (χ2n) is 6.74. The summed E-state index contributed by atoms with van der Waals surface area (Å²) in [6.45, 7) is 3.28. The molecule has 1 N–H and O–H groups in total. The number of nitrogens with one attached hydrogen (secondary N) is 1. The molecule has 0 radical (unpaired) electrons. The minimum absolute atomic E-state index is 0.00501. The van der Waals surface area contributed by atoms with E-state index in [4.69, 9.17) is 4.74 Å². The molecule has 0 saturated heterocycles. The van der Waals surface area contributed by atoms with E-state index in [0.717, 1.165) is 41.0 Å². The van der Waals surface area contributed by atoms with Crippen molar-refractivity contribution in [1.29, 1.82) is 0 Å². The number of methoxy groups -OCH3 is 1. The standard InChI is InChI=1S/C20H24N2O4S2/c1-14-12-16-13-18(19(23)15-6-8-17(26-2)9-7-15)27-20(16)22(14)11-5-4-10-21-28(3,24)25/h6-9,12-13,21H,4-5,10-11H2,1-3H3. The predicted molar refractivity (Wildman–Crippen MR) is 113 cm³/mol. The van der Waals surface area contributed by atoms with Gasteiger partial charge in [0.05, 0.1) is 18.2 Å². The minimum Gasteiger partial charge on any atom is -0.497 e. The molecule has 0 bridgehead atoms. The van der Waals surface area contributed by atoms with Crippen LogP contribution in [-0.4, -0.2) is 38.7 Å². The van der Waals surface area contributed by atoms with E-state index >= 15 is 0 Å². The zero-order valence-electron chi connectivity index (χ0n) is 16.2. The second-order valence-corrected chi connectivity index (χ2v) is 9.60. The van der Waals surface area contributed by atoms with Crippen LogP contribution >= 0.6 is 11.3 Å². The molecule has 0 aliphatic carbocycles. The van der Waals surface area contributed by atoms with E-state index in [9.17, 15) is 13.2 Å². The first-order valence-corrected chi connectivity index (χ1v) is 11.7. The van der Waals surface area contributed by atoms with E-state index in [2.05, 4.69) is 15.4 Å². The number of fused-ring (bicyclic) bond motifs is 1. The number of thiophene rings is 1. The van der Waals surface area contributed by atoms with E-state index in [1.807, 2.05) is 13.0 Å². The number of carbonyl (C=O) groups excluding carboxylic acids is 1. The summed E-state index contributed by atoms with van der Waals surface area (Å²) in [7, 11) is -1.54. The maximum atomic E-state index is 12.8. The van der Waals surface area contributed by atoms with Gasteiger partial charge in [0.2, 0.25) is 15.8 Å². The van der Waals surface area contributed by atoms with Gasteiger partial charge in [-0.25, -0.2) is 13.1 Å². The van der Waals surface area contributed by atoms with Crippen molar-refractivity contribution >= 4 is 37.4 Å². The Morgan fingerprint density at radius 3 is 2.54 bits per heavy atom. The SMILES string of the molecule is COc1ccc(C(=O)c2cc3cc(C)n(CCCCNS(C)(=O)=O)c3s2)cc1. The second kappa shape index (κ2) is 8.46. The Bertz CT molecular complexity index is 1080. The van der Waals surface area contributed by atoms with Crippen molar-refractivity contribution in [2.75, 3.05) is 19.9 Å². The molecule has 0 aliphatic heterocycles. The molecule has 8 heteroatoms. The highest BCUT2D eigenvalue weighted by molar-refractivity contribution is 7.88. The highest BCUT2D eigenvalue weighted by Crippen LogP contribution is 2.31. The number of nitrogens with zero attached hydrogens (tertiary/aromatic N) is 1. The van der Waals surface area contributed by atoms with Crippen LogP contribution < -0.4 is 9.46 Å². The molecule has 1 aromatic carbocycles. The molecule has 3 aromatic rings. The van der Waals surface area contributed by atoms with Crippen LogP contribution in [0.5, 0.6) is 5.75 Å². The van der Waals surface area contributed by atoms with Crippen LogP contribution in [0.4, 0.5) is 0 Å². The summed E-state index contributed by atoms with van der Waals surface area (Å²) in [6.07, 6.45) is 2.78. The average Bonchev–Trinajstić information content (AvgIpc) is 3.18. The number of benzene rings is 1. The lowest BCUT2D eigenvalue weighted by molar-refractivity contribution is 0.104. The average molecular weight is 421 g/mol. The van der Waals surface area contributed by atoms with E-state index in [-0.39, 0.29) is 5.78 Å². The molecule has 2 aromatic heterocycles. The molecular formula is C20H24N2O4S2. The van der Waals surface area contributed by atoms with Crippen LogP contribution in [0.2, 0.25) is 0 Å². The van der Waals surface area contributed by atoms with E-state index in [1.165, 1.54) is 17.6 Å². The Labute approximate surface area is 169 Å². The van der Waals surface area contributed by atoms with Crippen LogP contribution in [0.25, 0.3) is 10.2 Å². The van der Waals surface area contributed by atoms with Gasteiger partial charge in [0.25, 0.3) is 0 Å². The number of sulfonamides is 1.